The van der Waals surface area contributed by atoms with Crippen molar-refractivity contribution in [2.75, 3.05) is 6.61 Å². The number of carbonyl (C=O) groups is 1. The van der Waals surface area contributed by atoms with Gasteiger partial charge >= 0.3 is 5.97 Å². The van der Waals surface area contributed by atoms with Crippen LogP contribution >= 0.6 is 0 Å². The standard InChI is InChI=1S/C27H28O4/c28-27(31-17-22-14-15-22)26-13-7-6-12-25(26)20-30-19-24-11-5-4-10-23(24)18-29-16-21-8-2-1-3-9-21/h1-13,22H,14-20H2. The molecular weight excluding hydrogens is 388 g/mol. The highest BCUT2D eigenvalue weighted by atomic mass is 16.5. The van der Waals surface area contributed by atoms with Gasteiger partial charge in [0.25, 0.3) is 0 Å². The van der Waals surface area contributed by atoms with E-state index >= 15 is 0 Å². The van der Waals surface area contributed by atoms with Crippen LogP contribution in [0.4, 0.5) is 0 Å². The second kappa shape index (κ2) is 10.9. The molecule has 0 bridgehead atoms. The molecule has 0 unspecified atom stereocenters. The predicted molar refractivity (Wildman–Crippen MR) is 119 cm³/mol. The third-order valence-corrected chi connectivity index (χ3v) is 5.39. The first-order valence-corrected chi connectivity index (χ1v) is 10.8. The van der Waals surface area contributed by atoms with Crippen molar-refractivity contribution in [2.45, 2.75) is 39.3 Å². The second-order valence-electron chi connectivity index (χ2n) is 7.94. The number of hydrogen-bond acceptors (Lipinski definition) is 4. The number of rotatable bonds is 11. The smallest absolute Gasteiger partial charge is 0.338 e. The Hall–Kier alpha value is -2.95. The van der Waals surface area contributed by atoms with Gasteiger partial charge in [0, 0.05) is 0 Å². The molecule has 160 valence electrons. The first kappa shape index (κ1) is 21.3. The van der Waals surface area contributed by atoms with Crippen molar-refractivity contribution in [3.63, 3.8) is 0 Å². The van der Waals surface area contributed by atoms with E-state index < -0.39 is 0 Å². The molecular formula is C27H28O4. The molecule has 0 N–H and O–H groups in total. The van der Waals surface area contributed by atoms with Crippen LogP contribution in [0.5, 0.6) is 0 Å². The van der Waals surface area contributed by atoms with Crippen LogP contribution in [-0.4, -0.2) is 12.6 Å². The fourth-order valence-electron chi connectivity index (χ4n) is 3.36. The molecule has 4 heteroatoms. The summed E-state index contributed by atoms with van der Waals surface area (Å²) >= 11 is 0. The molecule has 3 aromatic carbocycles. The largest absolute Gasteiger partial charge is 0.462 e. The molecule has 0 aromatic heterocycles. The second-order valence-corrected chi connectivity index (χ2v) is 7.94. The Labute approximate surface area is 183 Å². The zero-order valence-corrected chi connectivity index (χ0v) is 17.7. The summed E-state index contributed by atoms with van der Waals surface area (Å²) in [6, 6.07) is 25.8. The van der Waals surface area contributed by atoms with Crippen molar-refractivity contribution < 1.29 is 19.0 Å². The summed E-state index contributed by atoms with van der Waals surface area (Å²) in [6.45, 7) is 2.43. The van der Waals surface area contributed by atoms with Crippen LogP contribution in [0.2, 0.25) is 0 Å². The van der Waals surface area contributed by atoms with Gasteiger partial charge in [-0.05, 0) is 47.1 Å². The predicted octanol–water partition coefficient (Wildman–Crippen LogP) is 5.69. The molecule has 31 heavy (non-hydrogen) atoms. The summed E-state index contributed by atoms with van der Waals surface area (Å²) in [4.78, 5) is 12.4. The Morgan fingerprint density at radius 1 is 0.677 bits per heavy atom. The van der Waals surface area contributed by atoms with Crippen LogP contribution in [0, 0.1) is 5.92 Å². The molecule has 1 aliphatic rings. The van der Waals surface area contributed by atoms with Crippen molar-refractivity contribution >= 4 is 5.97 Å². The van der Waals surface area contributed by atoms with Gasteiger partial charge in [-0.1, -0.05) is 72.8 Å². The number of hydrogen-bond donors (Lipinski definition) is 0. The van der Waals surface area contributed by atoms with E-state index in [1.807, 2.05) is 48.5 Å². The molecule has 1 fully saturated rings. The third-order valence-electron chi connectivity index (χ3n) is 5.39. The van der Waals surface area contributed by atoms with Gasteiger partial charge in [0.05, 0.1) is 38.6 Å². The average Bonchev–Trinajstić information content (AvgIpc) is 3.64. The first-order valence-electron chi connectivity index (χ1n) is 10.8. The highest BCUT2D eigenvalue weighted by molar-refractivity contribution is 5.91. The van der Waals surface area contributed by atoms with Crippen molar-refractivity contribution in [3.8, 4) is 0 Å². The number of ether oxygens (including phenoxy) is 3. The van der Waals surface area contributed by atoms with Gasteiger partial charge in [0.15, 0.2) is 0 Å². The highest BCUT2D eigenvalue weighted by Crippen LogP contribution is 2.29. The summed E-state index contributed by atoms with van der Waals surface area (Å²) in [5.41, 5.74) is 4.78. The number of benzene rings is 3. The van der Waals surface area contributed by atoms with Crippen LogP contribution in [0.1, 0.15) is 45.5 Å². The average molecular weight is 417 g/mol. The lowest BCUT2D eigenvalue weighted by Gasteiger charge is -2.13. The molecule has 3 aromatic rings. The minimum absolute atomic E-state index is 0.263. The van der Waals surface area contributed by atoms with Crippen molar-refractivity contribution in [1.29, 1.82) is 0 Å². The molecule has 0 atom stereocenters. The zero-order valence-electron chi connectivity index (χ0n) is 17.7. The van der Waals surface area contributed by atoms with Gasteiger partial charge in [-0.3, -0.25) is 0 Å². The minimum atomic E-state index is -0.263. The maximum absolute atomic E-state index is 12.4. The summed E-state index contributed by atoms with van der Waals surface area (Å²) in [5, 5.41) is 0. The molecule has 0 aliphatic heterocycles. The van der Waals surface area contributed by atoms with Crippen molar-refractivity contribution in [1.82, 2.24) is 0 Å². The van der Waals surface area contributed by atoms with Crippen LogP contribution in [0.3, 0.4) is 0 Å². The summed E-state index contributed by atoms with van der Waals surface area (Å²) in [7, 11) is 0. The summed E-state index contributed by atoms with van der Waals surface area (Å²) < 4.78 is 17.3. The van der Waals surface area contributed by atoms with Gasteiger partial charge in [0.2, 0.25) is 0 Å². The SMILES string of the molecule is O=C(OCC1CC1)c1ccccc1COCc1ccccc1COCc1ccccc1. The Morgan fingerprint density at radius 3 is 1.90 bits per heavy atom. The Bertz CT molecular complexity index is 979. The third kappa shape index (κ3) is 6.51. The molecule has 1 saturated carbocycles. The summed E-state index contributed by atoms with van der Waals surface area (Å²) in [6.07, 6.45) is 2.32. The van der Waals surface area contributed by atoms with E-state index in [0.29, 0.717) is 44.5 Å². The van der Waals surface area contributed by atoms with E-state index in [-0.39, 0.29) is 5.97 Å². The van der Waals surface area contributed by atoms with E-state index in [1.54, 1.807) is 6.07 Å². The van der Waals surface area contributed by atoms with E-state index in [2.05, 4.69) is 24.3 Å². The maximum Gasteiger partial charge on any atom is 0.338 e. The lowest BCUT2D eigenvalue weighted by Crippen LogP contribution is -2.11. The molecule has 0 amide bonds. The number of esters is 1. The molecule has 0 spiro atoms. The van der Waals surface area contributed by atoms with Crippen LogP contribution in [-0.2, 0) is 40.6 Å². The van der Waals surface area contributed by atoms with E-state index in [1.165, 1.54) is 0 Å². The fraction of sp³-hybridized carbons (Fsp3) is 0.296. The summed E-state index contributed by atoms with van der Waals surface area (Å²) in [5.74, 6) is 0.286. The normalized spacial score (nSPS) is 13.2. The van der Waals surface area contributed by atoms with Gasteiger partial charge in [-0.15, -0.1) is 0 Å². The van der Waals surface area contributed by atoms with E-state index in [0.717, 1.165) is 35.1 Å². The molecule has 0 saturated heterocycles. The van der Waals surface area contributed by atoms with E-state index in [4.69, 9.17) is 14.2 Å². The van der Waals surface area contributed by atoms with Gasteiger partial charge in [-0.2, -0.15) is 0 Å². The Balaban J connectivity index is 1.30. The fourth-order valence-corrected chi connectivity index (χ4v) is 3.36. The monoisotopic (exact) mass is 416 g/mol. The molecule has 1 aliphatic carbocycles. The highest BCUT2D eigenvalue weighted by Gasteiger charge is 2.24. The number of carbonyl (C=O) groups excluding carboxylic acids is 1. The maximum atomic E-state index is 12.4. The molecule has 4 nitrogen and oxygen atoms in total. The zero-order chi connectivity index (χ0) is 21.3. The quantitative estimate of drug-likeness (QED) is 0.377. The van der Waals surface area contributed by atoms with Crippen LogP contribution < -0.4 is 0 Å². The molecule has 0 radical (unpaired) electrons. The van der Waals surface area contributed by atoms with Crippen LogP contribution in [0.15, 0.2) is 78.9 Å². The lowest BCUT2D eigenvalue weighted by molar-refractivity contribution is 0.0476. The van der Waals surface area contributed by atoms with Gasteiger partial charge in [0.1, 0.15) is 0 Å². The van der Waals surface area contributed by atoms with Crippen LogP contribution in [0.25, 0.3) is 0 Å². The minimum Gasteiger partial charge on any atom is -0.462 e. The van der Waals surface area contributed by atoms with Crippen molar-refractivity contribution in [3.05, 3.63) is 107 Å². The first-order chi connectivity index (χ1) is 15.3. The van der Waals surface area contributed by atoms with Crippen molar-refractivity contribution in [2.24, 2.45) is 5.92 Å². The Morgan fingerprint density at radius 2 is 1.23 bits per heavy atom. The Kier molecular flexibility index (Phi) is 7.48. The molecule has 4 rings (SSSR count). The topological polar surface area (TPSA) is 44.8 Å². The lowest BCUT2D eigenvalue weighted by atomic mass is 10.1. The molecule has 0 heterocycles. The van der Waals surface area contributed by atoms with E-state index in [9.17, 15) is 4.79 Å². The van der Waals surface area contributed by atoms with Gasteiger partial charge in [-0.25, -0.2) is 4.79 Å². The van der Waals surface area contributed by atoms with Gasteiger partial charge < -0.3 is 14.2 Å².